The molecule has 0 aliphatic carbocycles. The molecule has 0 unspecified atom stereocenters. The topological polar surface area (TPSA) is 12.9 Å². The van der Waals surface area contributed by atoms with E-state index in [1.807, 2.05) is 6.20 Å². The van der Waals surface area contributed by atoms with Crippen LogP contribution in [0.2, 0.25) is 0 Å². The molecule has 0 aliphatic rings. The van der Waals surface area contributed by atoms with Gasteiger partial charge >= 0.3 is 0 Å². The Morgan fingerprint density at radius 3 is 2.78 bits per heavy atom. The number of pyridine rings is 1. The molecule has 9 heavy (non-hydrogen) atoms. The highest BCUT2D eigenvalue weighted by Crippen LogP contribution is 2.08. The molecule has 1 aromatic heterocycles. The molecule has 0 saturated heterocycles. The summed E-state index contributed by atoms with van der Waals surface area (Å²) in [6.45, 7) is 0. The van der Waals surface area contributed by atoms with Crippen LogP contribution in [-0.2, 0) is 6.32 Å². The summed E-state index contributed by atoms with van der Waals surface area (Å²) in [5.41, 5.74) is 1.27. The molecule has 46 valence electrons. The molecule has 0 saturated carbocycles. The zero-order valence-corrected chi connectivity index (χ0v) is 6.85. The molecule has 0 aromatic carbocycles. The lowest BCUT2D eigenvalue weighted by molar-refractivity contribution is 1.23. The maximum absolute atomic E-state index is 4.01. The first-order valence-corrected chi connectivity index (χ1v) is 3.71. The van der Waals surface area contributed by atoms with Crippen LogP contribution in [0.3, 0.4) is 0 Å². The molecule has 0 bridgehead atoms. The molecule has 1 rings (SSSR count). The van der Waals surface area contributed by atoms with Crippen LogP contribution in [0.5, 0.6) is 0 Å². The number of hydrogen-bond donors (Lipinski definition) is 0. The third-order valence-corrected chi connectivity index (χ3v) is 1.60. The molecule has 1 heterocycles. The van der Waals surface area contributed by atoms with Gasteiger partial charge in [0, 0.05) is 16.9 Å². The van der Waals surface area contributed by atoms with E-state index in [4.69, 9.17) is 0 Å². The molecule has 1 nitrogen and oxygen atoms in total. The molecule has 0 atom stereocenters. The zero-order valence-electron chi connectivity index (χ0n) is 5.26. The summed E-state index contributed by atoms with van der Waals surface area (Å²) in [6.07, 6.45) is 4.72. The Balaban J connectivity index is 2.94. The molecule has 0 spiro atoms. The second-order valence-electron chi connectivity index (χ2n) is 1.86. The highest BCUT2D eigenvalue weighted by atomic mass is 79.9. The summed E-state index contributed by atoms with van der Waals surface area (Å²) in [7, 11) is 2.11. The standard InChI is InChI=1S/C6H7BBrN/c7-2-5-1-6(8)4-9-3-5/h1,3-4H,2,7H2. The Labute approximate surface area is 64.0 Å². The van der Waals surface area contributed by atoms with Crippen molar-refractivity contribution in [3.05, 3.63) is 28.5 Å². The van der Waals surface area contributed by atoms with Gasteiger partial charge in [-0.1, -0.05) is 6.32 Å². The van der Waals surface area contributed by atoms with Crippen LogP contribution in [0.4, 0.5) is 0 Å². The van der Waals surface area contributed by atoms with Gasteiger partial charge in [0.05, 0.1) is 0 Å². The Bertz CT molecular complexity index is 202. The van der Waals surface area contributed by atoms with Gasteiger partial charge in [-0.2, -0.15) is 0 Å². The number of nitrogens with zero attached hydrogens (tertiary/aromatic N) is 1. The highest BCUT2D eigenvalue weighted by molar-refractivity contribution is 9.10. The van der Waals surface area contributed by atoms with Crippen molar-refractivity contribution in [3.8, 4) is 0 Å². The summed E-state index contributed by atoms with van der Waals surface area (Å²) in [6, 6.07) is 2.08. The summed E-state index contributed by atoms with van der Waals surface area (Å²) in [5.74, 6) is 0. The smallest absolute Gasteiger partial charge is 0.107 e. The zero-order chi connectivity index (χ0) is 6.69. The monoisotopic (exact) mass is 183 g/mol. The van der Waals surface area contributed by atoms with Gasteiger partial charge in [0.1, 0.15) is 7.85 Å². The van der Waals surface area contributed by atoms with Crippen molar-refractivity contribution in [3.63, 3.8) is 0 Å². The number of rotatable bonds is 1. The maximum Gasteiger partial charge on any atom is 0.107 e. The summed E-state index contributed by atoms with van der Waals surface area (Å²) < 4.78 is 1.06. The fourth-order valence-corrected chi connectivity index (χ4v) is 1.06. The number of aromatic nitrogens is 1. The van der Waals surface area contributed by atoms with Gasteiger partial charge in [-0.15, -0.1) is 0 Å². The van der Waals surface area contributed by atoms with Crippen LogP contribution >= 0.6 is 15.9 Å². The first-order chi connectivity index (χ1) is 4.33. The fraction of sp³-hybridized carbons (Fsp3) is 0.167. The van der Waals surface area contributed by atoms with Gasteiger partial charge in [-0.05, 0) is 27.6 Å². The number of hydrogen-bond acceptors (Lipinski definition) is 1. The second kappa shape index (κ2) is 3.02. The van der Waals surface area contributed by atoms with Crippen LogP contribution in [0.1, 0.15) is 5.56 Å². The molecule has 0 radical (unpaired) electrons. The minimum Gasteiger partial charge on any atom is -0.263 e. The normalized spacial score (nSPS) is 9.44. The van der Waals surface area contributed by atoms with Gasteiger partial charge in [0.2, 0.25) is 0 Å². The van der Waals surface area contributed by atoms with Crippen LogP contribution < -0.4 is 0 Å². The lowest BCUT2D eigenvalue weighted by Crippen LogP contribution is -1.83. The van der Waals surface area contributed by atoms with Crippen LogP contribution in [0.25, 0.3) is 0 Å². The van der Waals surface area contributed by atoms with Crippen LogP contribution in [0.15, 0.2) is 22.9 Å². The van der Waals surface area contributed by atoms with E-state index < -0.39 is 0 Å². The molecule has 0 fully saturated rings. The van der Waals surface area contributed by atoms with Gasteiger partial charge in [-0.3, -0.25) is 4.98 Å². The predicted molar refractivity (Wildman–Crippen MR) is 44.2 cm³/mol. The SMILES string of the molecule is BCc1cncc(Br)c1. The van der Waals surface area contributed by atoms with Gasteiger partial charge < -0.3 is 0 Å². The number of halogens is 1. The first-order valence-electron chi connectivity index (χ1n) is 2.92. The van der Waals surface area contributed by atoms with E-state index in [9.17, 15) is 0 Å². The average Bonchev–Trinajstić information content (AvgIpc) is 1.88. The maximum atomic E-state index is 4.01. The van der Waals surface area contributed by atoms with Gasteiger partial charge in [0.25, 0.3) is 0 Å². The Morgan fingerprint density at radius 1 is 1.56 bits per heavy atom. The largest absolute Gasteiger partial charge is 0.263 e. The molecule has 0 aliphatic heterocycles. The summed E-state index contributed by atoms with van der Waals surface area (Å²) >= 11 is 3.34. The Hall–Kier alpha value is -0.305. The quantitative estimate of drug-likeness (QED) is 0.592. The Kier molecular flexibility index (Phi) is 2.28. The first kappa shape index (κ1) is 6.81. The van der Waals surface area contributed by atoms with Gasteiger partial charge in [-0.25, -0.2) is 0 Å². The minimum atomic E-state index is 1.05. The molecular weight excluding hydrogens is 177 g/mol. The summed E-state index contributed by atoms with van der Waals surface area (Å²) in [4.78, 5) is 4.01. The van der Waals surface area contributed by atoms with Crippen molar-refractivity contribution in [2.75, 3.05) is 0 Å². The van der Waals surface area contributed by atoms with Crippen molar-refractivity contribution >= 4 is 23.8 Å². The molecule has 0 amide bonds. The van der Waals surface area contributed by atoms with E-state index in [-0.39, 0.29) is 0 Å². The minimum absolute atomic E-state index is 1.05. The third-order valence-electron chi connectivity index (χ3n) is 1.17. The van der Waals surface area contributed by atoms with E-state index >= 15 is 0 Å². The average molecular weight is 184 g/mol. The highest BCUT2D eigenvalue weighted by Gasteiger charge is 1.88. The van der Waals surface area contributed by atoms with Crippen molar-refractivity contribution < 1.29 is 0 Å². The lowest BCUT2D eigenvalue weighted by Gasteiger charge is -1.93. The van der Waals surface area contributed by atoms with Crippen molar-refractivity contribution in [2.24, 2.45) is 0 Å². The van der Waals surface area contributed by atoms with Crippen LogP contribution in [0, 0.1) is 0 Å². The van der Waals surface area contributed by atoms with E-state index in [1.54, 1.807) is 6.20 Å². The molecular formula is C6H7BBrN. The van der Waals surface area contributed by atoms with Crippen molar-refractivity contribution in [1.29, 1.82) is 0 Å². The molecule has 3 heteroatoms. The van der Waals surface area contributed by atoms with Gasteiger partial charge in [0.15, 0.2) is 0 Å². The Morgan fingerprint density at radius 2 is 2.33 bits per heavy atom. The predicted octanol–water partition coefficient (Wildman–Crippen LogP) is 0.977. The second-order valence-corrected chi connectivity index (χ2v) is 2.78. The van der Waals surface area contributed by atoms with E-state index in [2.05, 4.69) is 34.8 Å². The van der Waals surface area contributed by atoms with E-state index in [1.165, 1.54) is 5.56 Å². The lowest BCUT2D eigenvalue weighted by atomic mass is 9.99. The van der Waals surface area contributed by atoms with Crippen molar-refractivity contribution in [2.45, 2.75) is 6.32 Å². The van der Waals surface area contributed by atoms with E-state index in [0.29, 0.717) is 0 Å². The molecule has 1 aromatic rings. The summed E-state index contributed by atoms with van der Waals surface area (Å²) in [5, 5.41) is 0. The van der Waals surface area contributed by atoms with Crippen molar-refractivity contribution in [1.82, 2.24) is 4.98 Å². The molecule has 0 N–H and O–H groups in total. The van der Waals surface area contributed by atoms with Crippen LogP contribution in [-0.4, -0.2) is 12.8 Å². The third kappa shape index (κ3) is 1.82. The van der Waals surface area contributed by atoms with E-state index in [0.717, 1.165) is 10.8 Å². The fourth-order valence-electron chi connectivity index (χ4n) is 0.649.